The molecule has 0 atom stereocenters. The van der Waals surface area contributed by atoms with Crippen molar-refractivity contribution in [2.24, 2.45) is 5.73 Å². The molecule has 2 saturated heterocycles. The average molecular weight is 1490 g/mol. The van der Waals surface area contributed by atoms with Crippen molar-refractivity contribution in [3.05, 3.63) is 114 Å². The number of hydrazine groups is 2. The number of rotatable bonds is 35. The van der Waals surface area contributed by atoms with E-state index in [1.165, 1.54) is 31.0 Å². The number of carbonyl (C=O) groups excluding carboxylic acids is 6. The van der Waals surface area contributed by atoms with Crippen molar-refractivity contribution in [2.75, 3.05) is 155 Å². The maximum absolute atomic E-state index is 14.2. The Morgan fingerprint density at radius 1 is 0.523 bits per heavy atom. The van der Waals surface area contributed by atoms with Crippen LogP contribution in [-0.4, -0.2) is 245 Å². The summed E-state index contributed by atoms with van der Waals surface area (Å²) in [5.74, 6) is 1.40. The second kappa shape index (κ2) is 36.3. The van der Waals surface area contributed by atoms with E-state index in [0.717, 1.165) is 131 Å². The summed E-state index contributed by atoms with van der Waals surface area (Å²) in [4.78, 5) is 123. The van der Waals surface area contributed by atoms with Gasteiger partial charge in [-0.2, -0.15) is 0 Å². The molecule has 5 aromatic carbocycles. The van der Waals surface area contributed by atoms with Crippen LogP contribution in [0, 0.1) is 0 Å². The largest absolute Gasteiger partial charge is 0.494 e. The highest BCUT2D eigenvalue weighted by Gasteiger charge is 2.32. The Kier molecular flexibility index (Phi) is 26.6. The Labute approximate surface area is 640 Å². The standard InChI is InChI=1S/C82H113N19O8/c1-12-30-97(73(104)22-17-42-108-62-20-15-19-56(44-62)78-85-65-26-23-57(47-68(65)88-78)79-86-66-27-24-60(48-69(66)89-79)95-38-34-93(10)35-39-95)53-74(105)98(31-13-2)54-75(106)99(32-14-3)55-76(107)100(52-71(83)102)50-59-51-101(92-91-59)33-18-29-84-72(103)21-16-43-109-77-63(81(4,5)6)45-58(46-64(77)82(7,8)9)80-87-67-28-25-61(49-70(67)90-80)96-40-36-94(11)37-41-96/h15,19-20,23-28,44-49,51,91-92H,12-14,16-18,21-22,29-43,50,52-55H2,1-11H3,(H2,83,102)(H,84,103)(H,85,88)(H,86,89)(H,87,90). The number of nitrogens with one attached hydrogen (secondary N) is 6. The Balaban J connectivity index is 0.609. The highest BCUT2D eigenvalue weighted by molar-refractivity contribution is 5.92. The van der Waals surface area contributed by atoms with E-state index < -0.39 is 24.3 Å². The van der Waals surface area contributed by atoms with E-state index in [4.69, 9.17) is 30.2 Å². The molecule has 109 heavy (non-hydrogen) atoms. The van der Waals surface area contributed by atoms with Crippen molar-refractivity contribution in [1.82, 2.24) is 80.6 Å². The van der Waals surface area contributed by atoms with Crippen LogP contribution in [-0.2, 0) is 39.6 Å². The topological polar surface area (TPSA) is 298 Å². The van der Waals surface area contributed by atoms with Crippen molar-refractivity contribution in [1.29, 1.82) is 0 Å². The molecule has 0 saturated carbocycles. The van der Waals surface area contributed by atoms with Crippen molar-refractivity contribution >= 4 is 79.9 Å². The van der Waals surface area contributed by atoms with E-state index in [9.17, 15) is 28.8 Å². The molecule has 11 rings (SSSR count). The number of ether oxygens (including phenoxy) is 2. The molecule has 0 bridgehead atoms. The highest BCUT2D eigenvalue weighted by atomic mass is 16.5. The predicted octanol–water partition coefficient (Wildman–Crippen LogP) is 9.14. The van der Waals surface area contributed by atoms with Crippen molar-refractivity contribution in [3.63, 3.8) is 0 Å². The van der Waals surface area contributed by atoms with Crippen LogP contribution in [0.2, 0.25) is 0 Å². The van der Waals surface area contributed by atoms with E-state index in [-0.39, 0.29) is 87.3 Å². The van der Waals surface area contributed by atoms with Gasteiger partial charge in [0.05, 0.1) is 84.7 Å². The Bertz CT molecular complexity index is 4480. The number of H-pyrrole nitrogens is 3. The minimum absolute atomic E-state index is 0.0202. The summed E-state index contributed by atoms with van der Waals surface area (Å²) >= 11 is 0. The smallest absolute Gasteiger partial charge is 0.243 e. The number of carbonyl (C=O) groups is 6. The number of benzene rings is 5. The number of imidazole rings is 3. The molecule has 6 amide bonds. The van der Waals surface area contributed by atoms with E-state index in [2.05, 4.69) is 161 Å². The lowest BCUT2D eigenvalue weighted by Gasteiger charge is -2.34. The van der Waals surface area contributed by atoms with E-state index >= 15 is 0 Å². The van der Waals surface area contributed by atoms with Crippen LogP contribution in [0.5, 0.6) is 11.5 Å². The fraction of sp³-hybridized carbons (Fsp3) is 0.500. The third-order valence-corrected chi connectivity index (χ3v) is 20.3. The molecule has 3 aliphatic rings. The van der Waals surface area contributed by atoms with Crippen LogP contribution in [0.25, 0.3) is 67.3 Å². The maximum atomic E-state index is 14.2. The van der Waals surface area contributed by atoms with Crippen molar-refractivity contribution in [2.45, 2.75) is 125 Å². The molecule has 0 spiro atoms. The van der Waals surface area contributed by atoms with Crippen LogP contribution in [0.15, 0.2) is 103 Å². The summed E-state index contributed by atoms with van der Waals surface area (Å²) in [6, 6.07) is 31.0. The summed E-state index contributed by atoms with van der Waals surface area (Å²) in [5, 5.41) is 4.83. The van der Waals surface area contributed by atoms with Crippen molar-refractivity contribution in [3.8, 4) is 45.7 Å². The van der Waals surface area contributed by atoms with Crippen LogP contribution >= 0.6 is 0 Å². The van der Waals surface area contributed by atoms with E-state index in [1.54, 1.807) is 11.2 Å². The molecule has 8 aromatic rings. The van der Waals surface area contributed by atoms with E-state index in [0.29, 0.717) is 82.0 Å². The lowest BCUT2D eigenvalue weighted by molar-refractivity contribution is -0.146. The molecule has 0 aliphatic carbocycles. The first-order valence-electron chi connectivity index (χ1n) is 38.9. The minimum atomic E-state index is -0.727. The molecule has 27 nitrogen and oxygen atoms in total. The van der Waals surface area contributed by atoms with Crippen LogP contribution in [0.1, 0.15) is 125 Å². The second-order valence-electron chi connectivity index (χ2n) is 31.3. The van der Waals surface area contributed by atoms with Gasteiger partial charge >= 0.3 is 0 Å². The third kappa shape index (κ3) is 21.2. The second-order valence-corrected chi connectivity index (χ2v) is 31.3. The average Bonchev–Trinajstić information content (AvgIpc) is 1.75. The van der Waals surface area contributed by atoms with Crippen LogP contribution in [0.4, 0.5) is 11.4 Å². The summed E-state index contributed by atoms with van der Waals surface area (Å²) in [7, 11) is 4.33. The third-order valence-electron chi connectivity index (χ3n) is 20.3. The first-order chi connectivity index (χ1) is 52.3. The molecular weight excluding hydrogens is 1380 g/mol. The monoisotopic (exact) mass is 1490 g/mol. The number of nitrogens with zero attached hydrogens (tertiary/aromatic N) is 12. The molecule has 0 radical (unpaired) electrons. The molecule has 3 aliphatic heterocycles. The maximum Gasteiger partial charge on any atom is 0.243 e. The van der Waals surface area contributed by atoms with Gasteiger partial charge in [-0.25, -0.2) is 15.0 Å². The number of piperazine rings is 2. The molecule has 584 valence electrons. The van der Waals surface area contributed by atoms with E-state index in [1.807, 2.05) is 57.2 Å². The van der Waals surface area contributed by atoms with Crippen LogP contribution in [0.3, 0.4) is 0 Å². The van der Waals surface area contributed by atoms with Gasteiger partial charge in [0.15, 0.2) is 0 Å². The number of primary amides is 1. The van der Waals surface area contributed by atoms with Gasteiger partial charge in [-0.1, -0.05) is 74.4 Å². The zero-order valence-corrected chi connectivity index (χ0v) is 65.7. The van der Waals surface area contributed by atoms with Gasteiger partial charge in [0.25, 0.3) is 0 Å². The number of amides is 6. The number of hydrogen-bond acceptors (Lipinski definition) is 18. The SMILES string of the molecule is CCCN(CC(=O)N(CCC)CC(=O)N(CCC)CC(=O)N(CC(N)=O)CC1=CN(CCCNC(=O)CCCOc2c(C(C)(C)C)cc(-c3nc4ccc(N5CCN(C)CC5)cc4[nH]3)cc2C(C)(C)C)NN1)C(=O)CCCOc1cccc(-c2nc3ccc(-c4nc5ccc(N6CCN(C)CC6)cc5[nH]4)cc3[nH]2)c1. The summed E-state index contributed by atoms with van der Waals surface area (Å²) in [6.45, 7) is 28.0. The quantitative estimate of drug-likeness (QED) is 0.0182. The number of anilines is 2. The van der Waals surface area contributed by atoms with Gasteiger partial charge < -0.3 is 80.1 Å². The molecule has 27 heteroatoms. The van der Waals surface area contributed by atoms with Crippen molar-refractivity contribution < 1.29 is 38.2 Å². The first kappa shape index (κ1) is 79.8. The number of nitrogens with two attached hydrogens (primary N) is 1. The number of aromatic nitrogens is 6. The normalized spacial score (nSPS) is 14.5. The lowest BCUT2D eigenvalue weighted by atomic mass is 9.78. The lowest BCUT2D eigenvalue weighted by Crippen LogP contribution is -2.51. The summed E-state index contributed by atoms with van der Waals surface area (Å²) < 4.78 is 12.9. The molecular formula is C82H113N19O8. The number of hydrogen-bond donors (Lipinski definition) is 7. The predicted molar refractivity (Wildman–Crippen MR) is 429 cm³/mol. The molecule has 2 fully saturated rings. The molecule has 3 aromatic heterocycles. The zero-order chi connectivity index (χ0) is 77.5. The highest BCUT2D eigenvalue weighted by Crippen LogP contribution is 2.43. The first-order valence-corrected chi connectivity index (χ1v) is 38.9. The fourth-order valence-electron chi connectivity index (χ4n) is 14.1. The van der Waals surface area contributed by atoms with Gasteiger partial charge in [-0.3, -0.25) is 33.8 Å². The molecule has 0 unspecified atom stereocenters. The zero-order valence-electron chi connectivity index (χ0n) is 65.7. The fourth-order valence-corrected chi connectivity index (χ4v) is 14.1. The van der Waals surface area contributed by atoms with Gasteiger partial charge in [0, 0.05) is 143 Å². The van der Waals surface area contributed by atoms with Crippen LogP contribution < -0.4 is 41.3 Å². The Morgan fingerprint density at radius 2 is 1.00 bits per heavy atom. The van der Waals surface area contributed by atoms with Gasteiger partial charge in [0.1, 0.15) is 29.0 Å². The van der Waals surface area contributed by atoms with Gasteiger partial charge in [-0.15, -0.1) is 5.53 Å². The summed E-state index contributed by atoms with van der Waals surface area (Å²) in [5.41, 5.74) is 24.7. The molecule has 8 N–H and O–H groups in total. The summed E-state index contributed by atoms with van der Waals surface area (Å²) in [6.07, 6.45) is 5.41. The Morgan fingerprint density at radius 3 is 1.52 bits per heavy atom. The number of fused-ring (bicyclic) bond motifs is 3. The molecule has 6 heterocycles. The Hall–Kier alpha value is -10.3. The number of aromatic amines is 3. The number of likely N-dealkylation sites (N-methyl/N-ethyl adjacent to an activating group) is 2. The van der Waals surface area contributed by atoms with Gasteiger partial charge in [-0.05, 0) is 142 Å². The van der Waals surface area contributed by atoms with Gasteiger partial charge in [0.2, 0.25) is 35.4 Å². The minimum Gasteiger partial charge on any atom is -0.494 e.